The van der Waals surface area contributed by atoms with Crippen molar-refractivity contribution in [1.82, 2.24) is 10.6 Å². The minimum absolute atomic E-state index is 0.0272. The molecule has 168 valence electrons. The van der Waals surface area contributed by atoms with Gasteiger partial charge in [-0.2, -0.15) is 0 Å². The zero-order valence-electron chi connectivity index (χ0n) is 17.7. The number of ether oxygens (including phenoxy) is 2. The largest absolute Gasteiger partial charge is 0.368 e. The van der Waals surface area contributed by atoms with Crippen LogP contribution < -0.4 is 10.6 Å². The summed E-state index contributed by atoms with van der Waals surface area (Å²) in [4.78, 5) is 22.2. The summed E-state index contributed by atoms with van der Waals surface area (Å²) in [5.74, 6) is -0.263. The molecule has 2 fully saturated rings. The van der Waals surface area contributed by atoms with Crippen LogP contribution in [0, 0.1) is 0 Å². The number of allylic oxidation sites excluding steroid dienone is 1. The number of alkyl halides is 2. The topological polar surface area (TPSA) is 76.7 Å². The van der Waals surface area contributed by atoms with Gasteiger partial charge in [0.2, 0.25) is 11.8 Å². The lowest BCUT2D eigenvalue weighted by molar-refractivity contribution is -0.128. The summed E-state index contributed by atoms with van der Waals surface area (Å²) in [6.45, 7) is 5.74. The smallest absolute Gasteiger partial charge is 0.250 e. The number of nitrogens with one attached hydrogen (secondary N) is 2. The van der Waals surface area contributed by atoms with Crippen molar-refractivity contribution in [3.05, 3.63) is 12.3 Å². The predicted octanol–water partition coefficient (Wildman–Crippen LogP) is 3.62. The molecule has 2 amide bonds. The molecule has 0 heterocycles. The molecular formula is C21H36ClFN2O4. The standard InChI is InChI=1S/C12H19ClFNO2.C9H17NO2/c1-3-8(2)15-12(16)7-17-9-4-5-10(13)11(14)6-9;1-10-9(11)7-12-8-5-3-2-4-6-8/h9-11H,2-7H2,1H3,(H,15,16);8H,2-7H2,1H3,(H,10,11). The summed E-state index contributed by atoms with van der Waals surface area (Å²) < 4.78 is 24.1. The first-order valence-electron chi connectivity index (χ1n) is 10.5. The van der Waals surface area contributed by atoms with Gasteiger partial charge in [-0.3, -0.25) is 9.59 Å². The Morgan fingerprint density at radius 1 is 1.03 bits per heavy atom. The van der Waals surface area contributed by atoms with E-state index in [-0.39, 0.29) is 37.6 Å². The van der Waals surface area contributed by atoms with E-state index >= 15 is 0 Å². The van der Waals surface area contributed by atoms with Crippen molar-refractivity contribution >= 4 is 23.4 Å². The molecule has 8 heteroatoms. The first kappa shape index (κ1) is 25.9. The van der Waals surface area contributed by atoms with Crippen molar-refractivity contribution in [2.24, 2.45) is 0 Å². The Labute approximate surface area is 178 Å². The van der Waals surface area contributed by atoms with E-state index in [0.717, 1.165) is 12.8 Å². The molecule has 3 unspecified atom stereocenters. The molecule has 0 aliphatic heterocycles. The van der Waals surface area contributed by atoms with Crippen molar-refractivity contribution in [2.45, 2.75) is 88.5 Å². The van der Waals surface area contributed by atoms with Gasteiger partial charge < -0.3 is 20.1 Å². The maximum Gasteiger partial charge on any atom is 0.250 e. The first-order chi connectivity index (χ1) is 13.8. The fraction of sp³-hybridized carbons (Fsp3) is 0.810. The molecule has 0 spiro atoms. The molecule has 2 N–H and O–H groups in total. The molecule has 29 heavy (non-hydrogen) atoms. The van der Waals surface area contributed by atoms with Gasteiger partial charge in [0.05, 0.1) is 17.6 Å². The Balaban J connectivity index is 0.000000308. The minimum atomic E-state index is -1.04. The number of carbonyl (C=O) groups is 2. The van der Waals surface area contributed by atoms with Gasteiger partial charge in [0.25, 0.3) is 0 Å². The minimum Gasteiger partial charge on any atom is -0.368 e. The number of hydrogen-bond donors (Lipinski definition) is 2. The van der Waals surface area contributed by atoms with E-state index in [1.54, 1.807) is 7.05 Å². The highest BCUT2D eigenvalue weighted by Crippen LogP contribution is 2.27. The molecule has 0 aromatic carbocycles. The van der Waals surface area contributed by atoms with E-state index < -0.39 is 11.5 Å². The lowest BCUT2D eigenvalue weighted by Crippen LogP contribution is -2.34. The quantitative estimate of drug-likeness (QED) is 0.572. The fourth-order valence-electron chi connectivity index (χ4n) is 3.21. The third-order valence-electron chi connectivity index (χ3n) is 5.12. The molecule has 6 nitrogen and oxygen atoms in total. The maximum absolute atomic E-state index is 13.3. The van der Waals surface area contributed by atoms with E-state index in [0.29, 0.717) is 31.1 Å². The summed E-state index contributed by atoms with van der Waals surface area (Å²) in [6, 6.07) is 0. The molecule has 0 radical (unpaired) electrons. The molecule has 2 rings (SSSR count). The molecule has 0 saturated heterocycles. The molecule has 3 atom stereocenters. The van der Waals surface area contributed by atoms with Crippen LogP contribution in [-0.2, 0) is 19.1 Å². The van der Waals surface area contributed by atoms with E-state index in [2.05, 4.69) is 17.2 Å². The molecule has 2 aliphatic carbocycles. The average Bonchev–Trinajstić information content (AvgIpc) is 2.74. The number of likely N-dealkylation sites (N-methyl/N-ethyl adjacent to an activating group) is 1. The van der Waals surface area contributed by atoms with Crippen LogP contribution in [0.15, 0.2) is 12.3 Å². The molecule has 2 aliphatic rings. The Kier molecular flexibility index (Phi) is 13.1. The van der Waals surface area contributed by atoms with E-state index in [9.17, 15) is 14.0 Å². The van der Waals surface area contributed by atoms with Gasteiger partial charge in [-0.25, -0.2) is 4.39 Å². The van der Waals surface area contributed by atoms with Crippen molar-refractivity contribution < 1.29 is 23.5 Å². The lowest BCUT2D eigenvalue weighted by Gasteiger charge is -2.28. The Morgan fingerprint density at radius 3 is 2.24 bits per heavy atom. The van der Waals surface area contributed by atoms with Gasteiger partial charge >= 0.3 is 0 Å². The highest BCUT2D eigenvalue weighted by atomic mass is 35.5. The van der Waals surface area contributed by atoms with Crippen LogP contribution in [0.5, 0.6) is 0 Å². The van der Waals surface area contributed by atoms with Crippen molar-refractivity contribution in [2.75, 3.05) is 20.3 Å². The summed E-state index contributed by atoms with van der Waals surface area (Å²) in [6.07, 6.45) is 7.41. The zero-order chi connectivity index (χ0) is 21.6. The summed E-state index contributed by atoms with van der Waals surface area (Å²) >= 11 is 5.76. The summed E-state index contributed by atoms with van der Waals surface area (Å²) in [7, 11) is 1.63. The van der Waals surface area contributed by atoms with E-state index in [1.807, 2.05) is 6.92 Å². The number of carbonyl (C=O) groups excluding carboxylic acids is 2. The van der Waals surface area contributed by atoms with Gasteiger partial charge in [-0.15, -0.1) is 11.6 Å². The zero-order valence-corrected chi connectivity index (χ0v) is 18.4. The normalized spacial score (nSPS) is 24.8. The molecule has 0 aromatic heterocycles. The molecule has 0 bridgehead atoms. The Bertz CT molecular complexity index is 515. The predicted molar refractivity (Wildman–Crippen MR) is 113 cm³/mol. The fourth-order valence-corrected chi connectivity index (χ4v) is 3.44. The maximum atomic E-state index is 13.3. The van der Waals surface area contributed by atoms with Crippen molar-refractivity contribution in [3.63, 3.8) is 0 Å². The van der Waals surface area contributed by atoms with Crippen LogP contribution in [0.2, 0.25) is 0 Å². The second-order valence-corrected chi connectivity index (χ2v) is 8.09. The summed E-state index contributed by atoms with van der Waals surface area (Å²) in [5.41, 5.74) is 0.659. The van der Waals surface area contributed by atoms with Crippen LogP contribution in [0.25, 0.3) is 0 Å². The van der Waals surface area contributed by atoms with Crippen LogP contribution in [-0.4, -0.2) is 55.8 Å². The third-order valence-corrected chi connectivity index (χ3v) is 5.61. The SMILES string of the molecule is C=C(CC)NC(=O)COC1CCC(Cl)C(F)C1.CNC(=O)COC1CCCCC1. The van der Waals surface area contributed by atoms with Crippen molar-refractivity contribution in [1.29, 1.82) is 0 Å². The third kappa shape index (κ3) is 11.6. The molecule has 2 saturated carbocycles. The number of rotatable bonds is 8. The Hall–Kier alpha value is -1.18. The van der Waals surface area contributed by atoms with Crippen molar-refractivity contribution in [3.8, 4) is 0 Å². The highest BCUT2D eigenvalue weighted by molar-refractivity contribution is 6.21. The molecular weight excluding hydrogens is 399 g/mol. The highest BCUT2D eigenvalue weighted by Gasteiger charge is 2.29. The van der Waals surface area contributed by atoms with Crippen LogP contribution >= 0.6 is 11.6 Å². The van der Waals surface area contributed by atoms with Gasteiger partial charge in [0, 0.05) is 19.2 Å². The number of amides is 2. The van der Waals surface area contributed by atoms with Gasteiger partial charge in [-0.1, -0.05) is 32.8 Å². The van der Waals surface area contributed by atoms with Gasteiger partial charge in [0.1, 0.15) is 19.4 Å². The van der Waals surface area contributed by atoms with Gasteiger partial charge in [-0.05, 0) is 32.1 Å². The summed E-state index contributed by atoms with van der Waals surface area (Å²) in [5, 5.41) is 4.74. The van der Waals surface area contributed by atoms with Crippen LogP contribution in [0.3, 0.4) is 0 Å². The van der Waals surface area contributed by atoms with Crippen LogP contribution in [0.4, 0.5) is 4.39 Å². The average molecular weight is 435 g/mol. The second kappa shape index (κ2) is 14.7. The van der Waals surface area contributed by atoms with Crippen LogP contribution in [0.1, 0.15) is 64.7 Å². The number of hydrogen-bond acceptors (Lipinski definition) is 4. The monoisotopic (exact) mass is 434 g/mol. The van der Waals surface area contributed by atoms with E-state index in [1.165, 1.54) is 19.3 Å². The second-order valence-electron chi connectivity index (χ2n) is 7.53. The number of halogens is 2. The first-order valence-corrected chi connectivity index (χ1v) is 11.0. The Morgan fingerprint density at radius 2 is 1.66 bits per heavy atom. The molecule has 0 aromatic rings. The van der Waals surface area contributed by atoms with Gasteiger partial charge in [0.15, 0.2) is 0 Å². The lowest BCUT2D eigenvalue weighted by atomic mass is 9.95. The van der Waals surface area contributed by atoms with E-state index in [4.69, 9.17) is 21.1 Å².